The van der Waals surface area contributed by atoms with Crippen molar-refractivity contribution in [3.05, 3.63) is 68.9 Å². The minimum atomic E-state index is -1.35. The van der Waals surface area contributed by atoms with Crippen LogP contribution in [0.5, 0.6) is 5.75 Å². The number of anilines is 1. The number of aromatic nitrogens is 2. The van der Waals surface area contributed by atoms with Gasteiger partial charge in [0, 0.05) is 19.2 Å². The van der Waals surface area contributed by atoms with E-state index in [1.165, 1.54) is 23.5 Å². The van der Waals surface area contributed by atoms with Crippen LogP contribution < -0.4 is 16.0 Å². The van der Waals surface area contributed by atoms with Gasteiger partial charge in [0.2, 0.25) is 5.95 Å². The van der Waals surface area contributed by atoms with E-state index in [9.17, 15) is 29.0 Å². The van der Waals surface area contributed by atoms with Crippen molar-refractivity contribution in [3.63, 3.8) is 0 Å². The quantitative estimate of drug-likeness (QED) is 0.244. The summed E-state index contributed by atoms with van der Waals surface area (Å²) in [6, 6.07) is 5.87. The fourth-order valence-electron chi connectivity index (χ4n) is 3.51. The molecule has 2 heterocycles. The molecular formula is C24H26FN5O5S. The fraction of sp³-hybridized carbons (Fsp3) is 0.292. The molecule has 0 aliphatic rings. The van der Waals surface area contributed by atoms with Gasteiger partial charge in [0.15, 0.2) is 0 Å². The summed E-state index contributed by atoms with van der Waals surface area (Å²) in [5.41, 5.74) is 1.51. The van der Waals surface area contributed by atoms with Gasteiger partial charge in [-0.3, -0.25) is 9.59 Å². The molecule has 1 atom stereocenters. The van der Waals surface area contributed by atoms with E-state index in [1.807, 2.05) is 0 Å². The van der Waals surface area contributed by atoms with Crippen LogP contribution >= 0.6 is 11.3 Å². The van der Waals surface area contributed by atoms with E-state index in [2.05, 4.69) is 25.9 Å². The average Bonchev–Trinajstić information content (AvgIpc) is 3.33. The number of benzene rings is 1. The molecule has 0 spiro atoms. The highest BCUT2D eigenvalue weighted by atomic mass is 32.1. The Labute approximate surface area is 210 Å². The molecule has 0 saturated heterocycles. The predicted molar refractivity (Wildman–Crippen MR) is 132 cm³/mol. The van der Waals surface area contributed by atoms with Crippen molar-refractivity contribution in [1.82, 2.24) is 20.6 Å². The number of phenols is 1. The second-order valence-corrected chi connectivity index (χ2v) is 8.94. The Morgan fingerprint density at radius 2 is 1.83 bits per heavy atom. The summed E-state index contributed by atoms with van der Waals surface area (Å²) < 4.78 is 13.4. The minimum Gasteiger partial charge on any atom is -0.508 e. The average molecular weight is 516 g/mol. The summed E-state index contributed by atoms with van der Waals surface area (Å²) in [5.74, 6) is -2.73. The van der Waals surface area contributed by atoms with Gasteiger partial charge in [-0.25, -0.2) is 19.2 Å². The lowest BCUT2D eigenvalue weighted by Crippen LogP contribution is -2.48. The first-order valence-corrected chi connectivity index (χ1v) is 11.9. The van der Waals surface area contributed by atoms with Gasteiger partial charge in [0.1, 0.15) is 17.6 Å². The maximum absolute atomic E-state index is 13.4. The van der Waals surface area contributed by atoms with Crippen LogP contribution in [0.25, 0.3) is 0 Å². The first-order valence-electron chi connectivity index (χ1n) is 11.1. The molecule has 0 unspecified atom stereocenters. The topological polar surface area (TPSA) is 154 Å². The van der Waals surface area contributed by atoms with Gasteiger partial charge in [-0.15, -0.1) is 11.3 Å². The number of halogens is 1. The number of aryl methyl sites for hydroxylation is 3. The molecule has 0 bridgehead atoms. The molecule has 5 N–H and O–H groups in total. The summed E-state index contributed by atoms with van der Waals surface area (Å²) in [6.07, 6.45) is 1.14. The van der Waals surface area contributed by atoms with Crippen molar-refractivity contribution in [1.29, 1.82) is 0 Å². The number of aromatic hydroxyl groups is 1. The van der Waals surface area contributed by atoms with Crippen LogP contribution in [0.1, 0.15) is 43.4 Å². The third-order valence-corrected chi connectivity index (χ3v) is 6.05. The third kappa shape index (κ3) is 7.22. The summed E-state index contributed by atoms with van der Waals surface area (Å²) in [7, 11) is 0. The van der Waals surface area contributed by atoms with Crippen LogP contribution in [-0.4, -0.2) is 57.1 Å². The third-order valence-electron chi connectivity index (χ3n) is 5.18. The molecule has 3 aromatic rings. The van der Waals surface area contributed by atoms with Gasteiger partial charge in [-0.1, -0.05) is 6.07 Å². The van der Waals surface area contributed by atoms with Crippen molar-refractivity contribution in [2.75, 3.05) is 18.4 Å². The second-order valence-electron chi connectivity index (χ2n) is 7.99. The molecule has 12 heteroatoms. The van der Waals surface area contributed by atoms with E-state index >= 15 is 0 Å². The lowest BCUT2D eigenvalue weighted by atomic mass is 10.1. The molecular weight excluding hydrogens is 489 g/mol. The Morgan fingerprint density at radius 1 is 1.11 bits per heavy atom. The number of carbonyl (C=O) groups is 3. The summed E-state index contributed by atoms with van der Waals surface area (Å²) in [4.78, 5) is 45.6. The molecule has 0 aliphatic carbocycles. The number of carboxylic acids is 1. The summed E-state index contributed by atoms with van der Waals surface area (Å²) >= 11 is 1.22. The number of phenolic OH excluding ortho intramolecular Hbond substituents is 1. The summed E-state index contributed by atoms with van der Waals surface area (Å²) in [5, 5.41) is 28.7. The van der Waals surface area contributed by atoms with Crippen LogP contribution in [0.2, 0.25) is 0 Å². The van der Waals surface area contributed by atoms with Gasteiger partial charge in [0.25, 0.3) is 11.8 Å². The molecule has 10 nitrogen and oxygen atoms in total. The highest BCUT2D eigenvalue weighted by Gasteiger charge is 2.24. The van der Waals surface area contributed by atoms with Crippen LogP contribution in [0.4, 0.5) is 10.3 Å². The van der Waals surface area contributed by atoms with Gasteiger partial charge in [0.05, 0.1) is 21.8 Å². The number of thiophene rings is 1. The van der Waals surface area contributed by atoms with E-state index in [0.717, 1.165) is 6.07 Å². The highest BCUT2D eigenvalue weighted by molar-refractivity contribution is 7.12. The minimum absolute atomic E-state index is 0.128. The first-order chi connectivity index (χ1) is 17.1. The Kier molecular flexibility index (Phi) is 8.90. The van der Waals surface area contributed by atoms with Crippen LogP contribution in [0, 0.1) is 19.7 Å². The lowest BCUT2D eigenvalue weighted by molar-refractivity contribution is -0.139. The molecule has 0 fully saturated rings. The van der Waals surface area contributed by atoms with Crippen LogP contribution in [-0.2, 0) is 11.2 Å². The maximum Gasteiger partial charge on any atom is 0.328 e. The van der Waals surface area contributed by atoms with Gasteiger partial charge < -0.3 is 26.2 Å². The Bertz CT molecular complexity index is 1210. The molecule has 0 saturated carbocycles. The SMILES string of the molecule is Cc1nc(NCCCc2cc(O)cc(F)c2)nc(C)c1C(=O)N[C@@H](CNC(=O)c1cccs1)C(=O)O. The molecule has 1 aromatic carbocycles. The number of hydrogen-bond acceptors (Lipinski definition) is 8. The molecule has 36 heavy (non-hydrogen) atoms. The van der Waals surface area contributed by atoms with E-state index in [-0.39, 0.29) is 17.9 Å². The number of nitrogens with one attached hydrogen (secondary N) is 3. The lowest BCUT2D eigenvalue weighted by Gasteiger charge is -2.17. The maximum atomic E-state index is 13.4. The molecule has 0 aliphatic heterocycles. The van der Waals surface area contributed by atoms with Crippen LogP contribution in [0.3, 0.4) is 0 Å². The van der Waals surface area contributed by atoms with Gasteiger partial charge in [-0.05, 0) is 55.8 Å². The molecule has 3 rings (SSSR count). The van der Waals surface area contributed by atoms with Crippen molar-refractivity contribution < 1.29 is 29.0 Å². The second kappa shape index (κ2) is 12.1. The first kappa shape index (κ1) is 26.5. The highest BCUT2D eigenvalue weighted by Crippen LogP contribution is 2.17. The number of amides is 2. The number of carboxylic acid groups (broad SMARTS) is 1. The van der Waals surface area contributed by atoms with Gasteiger partial charge >= 0.3 is 5.97 Å². The van der Waals surface area contributed by atoms with E-state index in [4.69, 9.17) is 0 Å². The Morgan fingerprint density at radius 3 is 2.44 bits per heavy atom. The Hall–Kier alpha value is -4.06. The number of aliphatic carboxylic acids is 1. The zero-order valence-corrected chi connectivity index (χ0v) is 20.5. The Balaban J connectivity index is 1.57. The van der Waals surface area contributed by atoms with Crippen LogP contribution in [0.15, 0.2) is 35.7 Å². The van der Waals surface area contributed by atoms with Gasteiger partial charge in [-0.2, -0.15) is 0 Å². The zero-order valence-electron chi connectivity index (χ0n) is 19.7. The fourth-order valence-corrected chi connectivity index (χ4v) is 4.15. The predicted octanol–water partition coefficient (Wildman–Crippen LogP) is 2.66. The number of hydrogen-bond donors (Lipinski definition) is 5. The van der Waals surface area contributed by atoms with Crippen molar-refractivity contribution in [2.24, 2.45) is 0 Å². The number of rotatable bonds is 11. The van der Waals surface area contributed by atoms with E-state index in [1.54, 1.807) is 31.4 Å². The van der Waals surface area contributed by atoms with E-state index < -0.39 is 29.6 Å². The molecule has 190 valence electrons. The smallest absolute Gasteiger partial charge is 0.328 e. The van der Waals surface area contributed by atoms with Crippen molar-refractivity contribution in [3.8, 4) is 5.75 Å². The van der Waals surface area contributed by atoms with Crippen molar-refractivity contribution >= 4 is 35.1 Å². The number of carbonyl (C=O) groups excluding carboxylic acids is 2. The van der Waals surface area contributed by atoms with Crippen molar-refractivity contribution in [2.45, 2.75) is 32.7 Å². The molecule has 2 amide bonds. The molecule has 0 radical (unpaired) electrons. The summed E-state index contributed by atoms with van der Waals surface area (Å²) in [6.45, 7) is 3.39. The normalized spacial score (nSPS) is 11.5. The number of nitrogens with zero attached hydrogens (tertiary/aromatic N) is 2. The molecule has 2 aromatic heterocycles. The standard InChI is InChI=1S/C24H26FN5O5S/c1-13-20(22(33)30-18(23(34)35)12-27-21(32)19-6-4-8-36-19)14(2)29-24(28-13)26-7-3-5-15-9-16(25)11-17(31)10-15/h4,6,8-11,18,31H,3,5,7,12H2,1-2H3,(H,27,32)(H,30,33)(H,34,35)(H,26,28,29)/t18-/m0/s1. The van der Waals surface area contributed by atoms with E-state index in [0.29, 0.717) is 47.2 Å². The largest absolute Gasteiger partial charge is 0.508 e. The monoisotopic (exact) mass is 515 g/mol. The zero-order chi connectivity index (χ0) is 26.2.